The van der Waals surface area contributed by atoms with E-state index in [1.807, 2.05) is 0 Å². The van der Waals surface area contributed by atoms with Crippen LogP contribution < -0.4 is 0 Å². The van der Waals surface area contributed by atoms with Gasteiger partial charge in [0.25, 0.3) is 0 Å². The predicted molar refractivity (Wildman–Crippen MR) is 80.1 cm³/mol. The Morgan fingerprint density at radius 3 is 2.81 bits per heavy atom. The molecule has 6 heteroatoms. The van der Waals surface area contributed by atoms with Gasteiger partial charge >= 0.3 is 0 Å². The van der Waals surface area contributed by atoms with Gasteiger partial charge in [0.1, 0.15) is 17.3 Å². The number of rotatable bonds is 5. The lowest BCUT2D eigenvalue weighted by Gasteiger charge is -2.15. The minimum Gasteiger partial charge on any atom is -0.361 e. The van der Waals surface area contributed by atoms with Gasteiger partial charge in [-0.1, -0.05) is 27.2 Å². The number of hydrogen-bond acceptors (Lipinski definition) is 3. The van der Waals surface area contributed by atoms with E-state index in [0.29, 0.717) is 34.5 Å². The van der Waals surface area contributed by atoms with Gasteiger partial charge < -0.3 is 9.42 Å². The van der Waals surface area contributed by atoms with Crippen LogP contribution in [0, 0.1) is 12.7 Å². The fourth-order valence-corrected chi connectivity index (χ4v) is 2.31. The van der Waals surface area contributed by atoms with E-state index in [2.05, 4.69) is 21.1 Å². The van der Waals surface area contributed by atoms with Crippen molar-refractivity contribution in [2.75, 3.05) is 7.05 Å². The SMILES string of the molecule is Cc1cc(CN(C)C(=O)CCc2ccc(Br)cc2F)no1. The molecule has 2 aromatic rings. The highest BCUT2D eigenvalue weighted by Crippen LogP contribution is 2.17. The van der Waals surface area contributed by atoms with Gasteiger partial charge in [-0.05, 0) is 31.0 Å². The van der Waals surface area contributed by atoms with E-state index < -0.39 is 0 Å². The molecule has 1 heterocycles. The third kappa shape index (κ3) is 4.39. The molecule has 0 aliphatic rings. The number of benzene rings is 1. The van der Waals surface area contributed by atoms with Crippen molar-refractivity contribution < 1.29 is 13.7 Å². The average molecular weight is 355 g/mol. The quantitative estimate of drug-likeness (QED) is 0.825. The molecule has 1 aromatic heterocycles. The molecule has 0 N–H and O–H groups in total. The van der Waals surface area contributed by atoms with Crippen molar-refractivity contribution in [3.05, 3.63) is 51.6 Å². The first-order valence-electron chi connectivity index (χ1n) is 6.56. The molecule has 0 aliphatic carbocycles. The molecule has 2 rings (SSSR count). The van der Waals surface area contributed by atoms with Gasteiger partial charge in [0.05, 0.1) is 6.54 Å². The van der Waals surface area contributed by atoms with Crippen molar-refractivity contribution in [2.45, 2.75) is 26.3 Å². The maximum atomic E-state index is 13.7. The van der Waals surface area contributed by atoms with Crippen molar-refractivity contribution in [2.24, 2.45) is 0 Å². The normalized spacial score (nSPS) is 10.7. The van der Waals surface area contributed by atoms with Crippen LogP contribution in [-0.4, -0.2) is 23.0 Å². The molecule has 112 valence electrons. The van der Waals surface area contributed by atoms with E-state index >= 15 is 0 Å². The fourth-order valence-electron chi connectivity index (χ4n) is 1.98. The van der Waals surface area contributed by atoms with Gasteiger partial charge in [0, 0.05) is 24.0 Å². The summed E-state index contributed by atoms with van der Waals surface area (Å²) in [5, 5.41) is 3.85. The summed E-state index contributed by atoms with van der Waals surface area (Å²) >= 11 is 3.21. The molecule has 4 nitrogen and oxygen atoms in total. The second-order valence-corrected chi connectivity index (χ2v) is 5.83. The van der Waals surface area contributed by atoms with Gasteiger partial charge in [-0.15, -0.1) is 0 Å². The number of halogens is 2. The molecule has 0 aliphatic heterocycles. The van der Waals surface area contributed by atoms with Crippen LogP contribution in [0.4, 0.5) is 4.39 Å². The summed E-state index contributed by atoms with van der Waals surface area (Å²) in [6.07, 6.45) is 0.631. The number of hydrogen-bond donors (Lipinski definition) is 0. The summed E-state index contributed by atoms with van der Waals surface area (Å²) < 4.78 is 19.3. The third-order valence-corrected chi connectivity index (χ3v) is 3.62. The number of nitrogens with zero attached hydrogens (tertiary/aromatic N) is 2. The molecule has 0 saturated carbocycles. The maximum absolute atomic E-state index is 13.7. The van der Waals surface area contributed by atoms with Crippen molar-refractivity contribution >= 4 is 21.8 Å². The summed E-state index contributed by atoms with van der Waals surface area (Å²) in [7, 11) is 1.70. The molecule has 1 amide bonds. The first-order chi connectivity index (χ1) is 9.95. The lowest BCUT2D eigenvalue weighted by molar-refractivity contribution is -0.130. The summed E-state index contributed by atoms with van der Waals surface area (Å²) in [6, 6.07) is 6.65. The van der Waals surface area contributed by atoms with Crippen LogP contribution in [0.3, 0.4) is 0 Å². The molecule has 0 atom stereocenters. The van der Waals surface area contributed by atoms with Crippen LogP contribution in [0.15, 0.2) is 33.3 Å². The highest BCUT2D eigenvalue weighted by Gasteiger charge is 2.13. The molecular weight excluding hydrogens is 339 g/mol. The van der Waals surface area contributed by atoms with Gasteiger partial charge in [0.2, 0.25) is 5.91 Å². The summed E-state index contributed by atoms with van der Waals surface area (Å²) in [6.45, 7) is 2.19. The second kappa shape index (κ2) is 6.85. The van der Waals surface area contributed by atoms with Crippen LogP contribution in [-0.2, 0) is 17.8 Å². The minimum atomic E-state index is -0.299. The Morgan fingerprint density at radius 1 is 1.43 bits per heavy atom. The monoisotopic (exact) mass is 354 g/mol. The average Bonchev–Trinajstić information content (AvgIpc) is 2.82. The summed E-state index contributed by atoms with van der Waals surface area (Å²) in [5.74, 6) is 0.354. The summed E-state index contributed by atoms with van der Waals surface area (Å²) in [4.78, 5) is 13.6. The second-order valence-electron chi connectivity index (χ2n) is 4.91. The summed E-state index contributed by atoms with van der Waals surface area (Å²) in [5.41, 5.74) is 1.25. The molecule has 0 unspecified atom stereocenters. The number of aromatic nitrogens is 1. The standard InChI is InChI=1S/C15H16BrFN2O2/c1-10-7-13(18-21-10)9-19(2)15(20)6-4-11-3-5-12(16)8-14(11)17/h3,5,7-8H,4,6,9H2,1-2H3. The van der Waals surface area contributed by atoms with Crippen molar-refractivity contribution in [1.29, 1.82) is 0 Å². The Balaban J connectivity index is 1.89. The maximum Gasteiger partial charge on any atom is 0.222 e. The number of amides is 1. The van der Waals surface area contributed by atoms with Gasteiger partial charge in [0.15, 0.2) is 0 Å². The number of carbonyl (C=O) groups excluding carboxylic acids is 1. The van der Waals surface area contributed by atoms with E-state index in [0.717, 1.165) is 0 Å². The van der Waals surface area contributed by atoms with Crippen molar-refractivity contribution in [1.82, 2.24) is 10.1 Å². The van der Waals surface area contributed by atoms with Gasteiger partial charge in [-0.2, -0.15) is 0 Å². The zero-order chi connectivity index (χ0) is 15.4. The third-order valence-electron chi connectivity index (χ3n) is 3.13. The molecule has 0 bridgehead atoms. The Labute approximate surface area is 131 Å². The molecular formula is C15H16BrFN2O2. The van der Waals surface area contributed by atoms with Crippen LogP contribution in [0.5, 0.6) is 0 Å². The Morgan fingerprint density at radius 2 is 2.19 bits per heavy atom. The minimum absolute atomic E-state index is 0.0574. The lowest BCUT2D eigenvalue weighted by atomic mass is 10.1. The predicted octanol–water partition coefficient (Wildman–Crippen LogP) is 3.48. The van der Waals surface area contributed by atoms with Crippen molar-refractivity contribution in [3.8, 4) is 0 Å². The Kier molecular flexibility index (Phi) is 5.12. The lowest BCUT2D eigenvalue weighted by Crippen LogP contribution is -2.26. The zero-order valence-corrected chi connectivity index (χ0v) is 13.5. The number of aryl methyl sites for hydroxylation is 2. The first kappa shape index (κ1) is 15.7. The largest absolute Gasteiger partial charge is 0.361 e. The number of carbonyl (C=O) groups is 1. The Hall–Kier alpha value is -1.69. The molecule has 21 heavy (non-hydrogen) atoms. The van der Waals surface area contributed by atoms with Crippen LogP contribution in [0.2, 0.25) is 0 Å². The highest BCUT2D eigenvalue weighted by atomic mass is 79.9. The van der Waals surface area contributed by atoms with E-state index in [1.54, 1.807) is 37.1 Å². The van der Waals surface area contributed by atoms with Gasteiger partial charge in [-0.25, -0.2) is 4.39 Å². The van der Waals surface area contributed by atoms with Crippen LogP contribution >= 0.6 is 15.9 Å². The van der Waals surface area contributed by atoms with E-state index in [4.69, 9.17) is 4.52 Å². The fraction of sp³-hybridized carbons (Fsp3) is 0.333. The highest BCUT2D eigenvalue weighted by molar-refractivity contribution is 9.10. The zero-order valence-electron chi connectivity index (χ0n) is 11.9. The molecule has 1 aromatic carbocycles. The first-order valence-corrected chi connectivity index (χ1v) is 7.35. The van der Waals surface area contributed by atoms with Crippen LogP contribution in [0.1, 0.15) is 23.4 Å². The van der Waals surface area contributed by atoms with Gasteiger partial charge in [-0.3, -0.25) is 4.79 Å². The topological polar surface area (TPSA) is 46.3 Å². The molecule has 0 radical (unpaired) electrons. The van der Waals surface area contributed by atoms with Crippen LogP contribution in [0.25, 0.3) is 0 Å². The Bertz CT molecular complexity index is 642. The molecule has 0 saturated heterocycles. The molecule has 0 spiro atoms. The van der Waals surface area contributed by atoms with E-state index in [1.165, 1.54) is 6.07 Å². The molecule has 0 fully saturated rings. The van der Waals surface area contributed by atoms with E-state index in [-0.39, 0.29) is 18.1 Å². The van der Waals surface area contributed by atoms with Crippen molar-refractivity contribution in [3.63, 3.8) is 0 Å². The smallest absolute Gasteiger partial charge is 0.222 e. The van der Waals surface area contributed by atoms with E-state index in [9.17, 15) is 9.18 Å².